The fraction of sp³-hybridized carbons (Fsp3) is 0.462. The standard InChI is InChI=1S/C13H18O3/c1-9(2)16-13(14)8-15-12-7-5-6-10(3)11(12)4/h5-7,9H,8H2,1-4H3. The summed E-state index contributed by atoms with van der Waals surface area (Å²) in [5.41, 5.74) is 2.20. The van der Waals surface area contributed by atoms with Crippen LogP contribution in [0.1, 0.15) is 25.0 Å². The first-order valence-corrected chi connectivity index (χ1v) is 5.39. The van der Waals surface area contributed by atoms with Gasteiger partial charge in [0.2, 0.25) is 0 Å². The van der Waals surface area contributed by atoms with E-state index in [0.29, 0.717) is 0 Å². The zero-order valence-corrected chi connectivity index (χ0v) is 10.2. The molecule has 0 aromatic heterocycles. The van der Waals surface area contributed by atoms with E-state index in [0.717, 1.165) is 16.9 Å². The molecule has 0 saturated carbocycles. The maximum atomic E-state index is 11.3. The molecule has 0 amide bonds. The van der Waals surface area contributed by atoms with Gasteiger partial charge in [-0.05, 0) is 44.9 Å². The van der Waals surface area contributed by atoms with Gasteiger partial charge in [0.1, 0.15) is 5.75 Å². The second kappa shape index (κ2) is 5.54. The van der Waals surface area contributed by atoms with Gasteiger partial charge < -0.3 is 9.47 Å². The Morgan fingerprint density at radius 3 is 2.62 bits per heavy atom. The van der Waals surface area contributed by atoms with Gasteiger partial charge >= 0.3 is 5.97 Å². The molecule has 0 spiro atoms. The van der Waals surface area contributed by atoms with Crippen LogP contribution in [0.25, 0.3) is 0 Å². The van der Waals surface area contributed by atoms with Crippen LogP contribution in [0.4, 0.5) is 0 Å². The maximum Gasteiger partial charge on any atom is 0.344 e. The van der Waals surface area contributed by atoms with Gasteiger partial charge in [-0.2, -0.15) is 0 Å². The van der Waals surface area contributed by atoms with Crippen LogP contribution in [0.3, 0.4) is 0 Å². The molecule has 16 heavy (non-hydrogen) atoms. The molecule has 0 aliphatic rings. The number of hydrogen-bond donors (Lipinski definition) is 0. The molecule has 0 bridgehead atoms. The van der Waals surface area contributed by atoms with Crippen molar-refractivity contribution < 1.29 is 14.3 Å². The summed E-state index contributed by atoms with van der Waals surface area (Å²) < 4.78 is 10.4. The topological polar surface area (TPSA) is 35.5 Å². The van der Waals surface area contributed by atoms with Crippen molar-refractivity contribution in [1.29, 1.82) is 0 Å². The van der Waals surface area contributed by atoms with Crippen molar-refractivity contribution in [2.45, 2.75) is 33.8 Å². The molecule has 0 aliphatic carbocycles. The van der Waals surface area contributed by atoms with Crippen molar-refractivity contribution in [3.8, 4) is 5.75 Å². The third kappa shape index (κ3) is 3.57. The van der Waals surface area contributed by atoms with Crippen molar-refractivity contribution >= 4 is 5.97 Å². The van der Waals surface area contributed by atoms with Gasteiger partial charge in [0.05, 0.1) is 6.10 Å². The Labute approximate surface area is 96.4 Å². The van der Waals surface area contributed by atoms with Crippen molar-refractivity contribution in [1.82, 2.24) is 0 Å². The first-order chi connectivity index (χ1) is 7.50. The van der Waals surface area contributed by atoms with Crippen LogP contribution in [0.15, 0.2) is 18.2 Å². The Balaban J connectivity index is 2.55. The third-order valence-electron chi connectivity index (χ3n) is 2.27. The van der Waals surface area contributed by atoms with E-state index < -0.39 is 0 Å². The van der Waals surface area contributed by atoms with Crippen molar-refractivity contribution in [2.75, 3.05) is 6.61 Å². The van der Waals surface area contributed by atoms with Gasteiger partial charge in [-0.15, -0.1) is 0 Å². The lowest BCUT2D eigenvalue weighted by atomic mass is 10.1. The average molecular weight is 222 g/mol. The Kier molecular flexibility index (Phi) is 4.35. The normalized spacial score (nSPS) is 10.3. The van der Waals surface area contributed by atoms with E-state index in [4.69, 9.17) is 9.47 Å². The SMILES string of the molecule is Cc1cccc(OCC(=O)OC(C)C)c1C. The second-order valence-electron chi connectivity index (χ2n) is 4.03. The van der Waals surface area contributed by atoms with Crippen LogP contribution in [-0.2, 0) is 9.53 Å². The fourth-order valence-electron chi connectivity index (χ4n) is 1.31. The highest BCUT2D eigenvalue weighted by Gasteiger charge is 2.08. The summed E-state index contributed by atoms with van der Waals surface area (Å²) in [7, 11) is 0. The fourth-order valence-corrected chi connectivity index (χ4v) is 1.31. The number of carbonyl (C=O) groups is 1. The summed E-state index contributed by atoms with van der Waals surface area (Å²) in [6.07, 6.45) is -0.102. The molecule has 1 aromatic rings. The lowest BCUT2D eigenvalue weighted by molar-refractivity contribution is -0.149. The second-order valence-corrected chi connectivity index (χ2v) is 4.03. The molecule has 3 nitrogen and oxygen atoms in total. The molecule has 88 valence electrons. The van der Waals surface area contributed by atoms with Crippen molar-refractivity contribution in [2.24, 2.45) is 0 Å². The summed E-state index contributed by atoms with van der Waals surface area (Å²) in [6.45, 7) is 7.57. The molecule has 0 heterocycles. The molecule has 0 atom stereocenters. The molecular weight excluding hydrogens is 204 g/mol. The predicted octanol–water partition coefficient (Wildman–Crippen LogP) is 2.63. The first kappa shape index (κ1) is 12.6. The van der Waals surface area contributed by atoms with Gasteiger partial charge in [-0.25, -0.2) is 4.79 Å². The molecule has 1 rings (SSSR count). The highest BCUT2D eigenvalue weighted by Crippen LogP contribution is 2.20. The van der Waals surface area contributed by atoms with E-state index in [-0.39, 0.29) is 18.7 Å². The predicted molar refractivity (Wildman–Crippen MR) is 62.6 cm³/mol. The molecular formula is C13H18O3. The van der Waals surface area contributed by atoms with Crippen LogP contribution >= 0.6 is 0 Å². The van der Waals surface area contributed by atoms with E-state index >= 15 is 0 Å². The lowest BCUT2D eigenvalue weighted by Crippen LogP contribution is -2.19. The highest BCUT2D eigenvalue weighted by molar-refractivity contribution is 5.71. The van der Waals surface area contributed by atoms with Crippen LogP contribution in [0, 0.1) is 13.8 Å². The Morgan fingerprint density at radius 1 is 1.31 bits per heavy atom. The lowest BCUT2D eigenvalue weighted by Gasteiger charge is -2.11. The molecule has 0 aliphatic heterocycles. The minimum absolute atomic E-state index is 0.0392. The van der Waals surface area contributed by atoms with Crippen molar-refractivity contribution in [3.63, 3.8) is 0 Å². The number of rotatable bonds is 4. The van der Waals surface area contributed by atoms with Crippen LogP contribution in [0.2, 0.25) is 0 Å². The molecule has 0 saturated heterocycles. The molecule has 3 heteroatoms. The van der Waals surface area contributed by atoms with Crippen LogP contribution < -0.4 is 4.74 Å². The minimum Gasteiger partial charge on any atom is -0.482 e. The van der Waals surface area contributed by atoms with Crippen LogP contribution in [0.5, 0.6) is 5.75 Å². The minimum atomic E-state index is -0.337. The zero-order chi connectivity index (χ0) is 12.1. The van der Waals surface area contributed by atoms with Gasteiger partial charge in [-0.1, -0.05) is 12.1 Å². The maximum absolute atomic E-state index is 11.3. The third-order valence-corrected chi connectivity index (χ3v) is 2.27. The number of ether oxygens (including phenoxy) is 2. The summed E-state index contributed by atoms with van der Waals surface area (Å²) in [5, 5.41) is 0. The van der Waals surface area contributed by atoms with Gasteiger partial charge in [0, 0.05) is 0 Å². The summed E-state index contributed by atoms with van der Waals surface area (Å²) in [6, 6.07) is 5.77. The van der Waals surface area contributed by atoms with Gasteiger partial charge in [-0.3, -0.25) is 0 Å². The Hall–Kier alpha value is -1.51. The number of esters is 1. The molecule has 0 unspecified atom stereocenters. The zero-order valence-electron chi connectivity index (χ0n) is 10.2. The summed E-state index contributed by atoms with van der Waals surface area (Å²) in [4.78, 5) is 11.3. The van der Waals surface area contributed by atoms with Gasteiger partial charge in [0.25, 0.3) is 0 Å². The average Bonchev–Trinajstić information content (AvgIpc) is 2.19. The Morgan fingerprint density at radius 2 is 2.00 bits per heavy atom. The summed E-state index contributed by atoms with van der Waals surface area (Å²) >= 11 is 0. The number of carbonyl (C=O) groups excluding carboxylic acids is 1. The number of benzene rings is 1. The number of hydrogen-bond acceptors (Lipinski definition) is 3. The molecule has 0 N–H and O–H groups in total. The van der Waals surface area contributed by atoms with E-state index in [1.165, 1.54) is 0 Å². The van der Waals surface area contributed by atoms with Crippen LogP contribution in [-0.4, -0.2) is 18.7 Å². The quantitative estimate of drug-likeness (QED) is 0.735. The smallest absolute Gasteiger partial charge is 0.344 e. The molecule has 1 aromatic carbocycles. The largest absolute Gasteiger partial charge is 0.482 e. The highest BCUT2D eigenvalue weighted by atomic mass is 16.6. The van der Waals surface area contributed by atoms with E-state index in [9.17, 15) is 4.79 Å². The van der Waals surface area contributed by atoms with Crippen molar-refractivity contribution in [3.05, 3.63) is 29.3 Å². The molecule has 0 fully saturated rings. The van der Waals surface area contributed by atoms with E-state index in [2.05, 4.69) is 0 Å². The Bertz CT molecular complexity index is 369. The van der Waals surface area contributed by atoms with E-state index in [1.54, 1.807) is 0 Å². The van der Waals surface area contributed by atoms with E-state index in [1.807, 2.05) is 45.9 Å². The monoisotopic (exact) mass is 222 g/mol. The number of aryl methyl sites for hydroxylation is 1. The summed E-state index contributed by atoms with van der Waals surface area (Å²) in [5.74, 6) is 0.400. The molecule has 0 radical (unpaired) electrons. The van der Waals surface area contributed by atoms with Gasteiger partial charge in [0.15, 0.2) is 6.61 Å². The first-order valence-electron chi connectivity index (χ1n) is 5.39.